The molecular formula is C13H21N3O3. The van der Waals surface area contributed by atoms with Crippen molar-refractivity contribution in [1.82, 2.24) is 15.1 Å². The second kappa shape index (κ2) is 7.00. The molecule has 6 heteroatoms. The van der Waals surface area contributed by atoms with Crippen LogP contribution in [0.2, 0.25) is 0 Å². The Balaban J connectivity index is 2.52. The normalized spacial score (nSPS) is 23.4. The highest BCUT2D eigenvalue weighted by molar-refractivity contribution is 5.80. The van der Waals surface area contributed by atoms with E-state index in [-0.39, 0.29) is 19.1 Å². The number of aliphatic carboxylic acids is 1. The Kier molecular flexibility index (Phi) is 5.64. The molecule has 2 amide bonds. The van der Waals surface area contributed by atoms with Crippen LogP contribution in [0, 0.1) is 12.3 Å². The summed E-state index contributed by atoms with van der Waals surface area (Å²) in [4.78, 5) is 26.0. The standard InChI is InChI=1S/C13H21N3O3/c1-4-6-16(9-12(17)18)13(19)14-11-5-7-15(3)10(2)8-11/h1,10-11H,5-9H2,2-3H3,(H,14,19)(H,17,18). The first-order valence-corrected chi connectivity index (χ1v) is 6.35. The summed E-state index contributed by atoms with van der Waals surface area (Å²) < 4.78 is 0. The van der Waals surface area contributed by atoms with Crippen LogP contribution in [0.15, 0.2) is 0 Å². The Morgan fingerprint density at radius 1 is 1.58 bits per heavy atom. The minimum Gasteiger partial charge on any atom is -0.480 e. The highest BCUT2D eigenvalue weighted by Gasteiger charge is 2.25. The molecule has 1 rings (SSSR count). The van der Waals surface area contributed by atoms with Crippen molar-refractivity contribution in [2.24, 2.45) is 0 Å². The summed E-state index contributed by atoms with van der Waals surface area (Å²) in [5.74, 6) is 1.23. The zero-order chi connectivity index (χ0) is 14.4. The maximum atomic E-state index is 12.0. The van der Waals surface area contributed by atoms with Crippen LogP contribution in [0.5, 0.6) is 0 Å². The molecule has 0 radical (unpaired) electrons. The summed E-state index contributed by atoms with van der Waals surface area (Å²) in [6, 6.07) is 0.0782. The number of nitrogens with zero attached hydrogens (tertiary/aromatic N) is 2. The van der Waals surface area contributed by atoms with Crippen LogP contribution in [0.3, 0.4) is 0 Å². The largest absolute Gasteiger partial charge is 0.480 e. The lowest BCUT2D eigenvalue weighted by molar-refractivity contribution is -0.137. The van der Waals surface area contributed by atoms with Gasteiger partial charge >= 0.3 is 12.0 Å². The topological polar surface area (TPSA) is 72.9 Å². The van der Waals surface area contributed by atoms with Crippen LogP contribution in [-0.4, -0.2) is 65.7 Å². The van der Waals surface area contributed by atoms with Gasteiger partial charge in [0.2, 0.25) is 0 Å². The number of urea groups is 1. The SMILES string of the molecule is C#CCN(CC(=O)O)C(=O)NC1CCN(C)C(C)C1. The second-order valence-corrected chi connectivity index (χ2v) is 4.95. The van der Waals surface area contributed by atoms with Crippen molar-refractivity contribution in [1.29, 1.82) is 0 Å². The summed E-state index contributed by atoms with van der Waals surface area (Å²) in [5, 5.41) is 11.6. The number of piperidine rings is 1. The summed E-state index contributed by atoms with van der Waals surface area (Å²) in [6.45, 7) is 2.65. The number of carboxylic acids is 1. The van der Waals surface area contributed by atoms with E-state index in [0.717, 1.165) is 24.3 Å². The van der Waals surface area contributed by atoms with Crippen molar-refractivity contribution in [3.8, 4) is 12.3 Å². The number of amides is 2. The molecule has 1 saturated heterocycles. The first-order chi connectivity index (χ1) is 8.93. The van der Waals surface area contributed by atoms with E-state index in [1.165, 1.54) is 0 Å². The minimum absolute atomic E-state index is 0.000307. The van der Waals surface area contributed by atoms with E-state index < -0.39 is 12.0 Å². The molecule has 0 saturated carbocycles. The third-order valence-corrected chi connectivity index (χ3v) is 3.43. The lowest BCUT2D eigenvalue weighted by atomic mass is 9.99. The second-order valence-electron chi connectivity index (χ2n) is 4.95. The number of hydrogen-bond donors (Lipinski definition) is 2. The number of nitrogens with one attached hydrogen (secondary N) is 1. The number of hydrogen-bond acceptors (Lipinski definition) is 3. The van der Waals surface area contributed by atoms with Crippen LogP contribution in [-0.2, 0) is 4.79 Å². The molecule has 2 N–H and O–H groups in total. The van der Waals surface area contributed by atoms with Gasteiger partial charge in [-0.15, -0.1) is 6.42 Å². The average molecular weight is 267 g/mol. The van der Waals surface area contributed by atoms with Gasteiger partial charge in [0, 0.05) is 18.6 Å². The van der Waals surface area contributed by atoms with Crippen LogP contribution in [0.25, 0.3) is 0 Å². The molecule has 2 atom stereocenters. The predicted molar refractivity (Wildman–Crippen MR) is 71.7 cm³/mol. The van der Waals surface area contributed by atoms with Gasteiger partial charge < -0.3 is 20.2 Å². The zero-order valence-corrected chi connectivity index (χ0v) is 11.4. The monoisotopic (exact) mass is 267 g/mol. The van der Waals surface area contributed by atoms with Crippen LogP contribution in [0.4, 0.5) is 4.79 Å². The zero-order valence-electron chi connectivity index (χ0n) is 11.4. The van der Waals surface area contributed by atoms with Crippen LogP contribution in [0.1, 0.15) is 19.8 Å². The molecule has 106 valence electrons. The summed E-state index contributed by atoms with van der Waals surface area (Å²) >= 11 is 0. The van der Waals surface area contributed by atoms with E-state index in [2.05, 4.69) is 30.1 Å². The van der Waals surface area contributed by atoms with Crippen molar-refractivity contribution >= 4 is 12.0 Å². The highest BCUT2D eigenvalue weighted by atomic mass is 16.4. The van der Waals surface area contributed by atoms with Gasteiger partial charge in [-0.25, -0.2) is 4.79 Å². The van der Waals surface area contributed by atoms with E-state index in [1.54, 1.807) is 0 Å². The Bertz CT molecular complexity index is 378. The van der Waals surface area contributed by atoms with Gasteiger partial charge in [-0.2, -0.15) is 0 Å². The Morgan fingerprint density at radius 3 is 2.79 bits per heavy atom. The Morgan fingerprint density at radius 2 is 2.26 bits per heavy atom. The van der Waals surface area contributed by atoms with Crippen LogP contribution < -0.4 is 5.32 Å². The van der Waals surface area contributed by atoms with Crippen molar-refractivity contribution in [3.05, 3.63) is 0 Å². The van der Waals surface area contributed by atoms with Gasteiger partial charge in [-0.05, 0) is 26.8 Å². The van der Waals surface area contributed by atoms with Crippen molar-refractivity contribution in [2.45, 2.75) is 31.8 Å². The molecule has 0 aromatic rings. The number of carbonyl (C=O) groups is 2. The summed E-state index contributed by atoms with van der Waals surface area (Å²) in [7, 11) is 2.05. The van der Waals surface area contributed by atoms with Gasteiger partial charge in [0.1, 0.15) is 6.54 Å². The van der Waals surface area contributed by atoms with Gasteiger partial charge in [-0.3, -0.25) is 4.79 Å². The van der Waals surface area contributed by atoms with Crippen molar-refractivity contribution < 1.29 is 14.7 Å². The fourth-order valence-electron chi connectivity index (χ4n) is 2.16. The Hall–Kier alpha value is -1.74. The van der Waals surface area contributed by atoms with Crippen molar-refractivity contribution in [2.75, 3.05) is 26.7 Å². The number of carboxylic acid groups (broad SMARTS) is 1. The molecule has 1 fully saturated rings. The molecule has 6 nitrogen and oxygen atoms in total. The summed E-state index contributed by atoms with van der Waals surface area (Å²) in [5.41, 5.74) is 0. The smallest absolute Gasteiger partial charge is 0.323 e. The predicted octanol–water partition coefficient (Wildman–Crippen LogP) is 0.199. The third kappa shape index (κ3) is 4.79. The lowest BCUT2D eigenvalue weighted by Gasteiger charge is -2.36. The molecular weight excluding hydrogens is 246 g/mol. The number of terminal acetylenes is 1. The molecule has 0 aromatic carbocycles. The molecule has 1 heterocycles. The molecule has 2 unspecified atom stereocenters. The first kappa shape index (κ1) is 15.3. The fraction of sp³-hybridized carbons (Fsp3) is 0.692. The maximum Gasteiger partial charge on any atom is 0.323 e. The van der Waals surface area contributed by atoms with E-state index in [1.807, 2.05) is 0 Å². The number of carbonyl (C=O) groups excluding carboxylic acids is 1. The van der Waals surface area contributed by atoms with E-state index in [9.17, 15) is 9.59 Å². The first-order valence-electron chi connectivity index (χ1n) is 6.35. The van der Waals surface area contributed by atoms with Gasteiger partial charge in [0.05, 0.1) is 6.54 Å². The summed E-state index contributed by atoms with van der Waals surface area (Å²) in [6.07, 6.45) is 6.87. The van der Waals surface area contributed by atoms with Crippen LogP contribution >= 0.6 is 0 Å². The molecule has 0 aliphatic carbocycles. The molecule has 1 aliphatic heterocycles. The highest BCUT2D eigenvalue weighted by Crippen LogP contribution is 2.15. The molecule has 19 heavy (non-hydrogen) atoms. The minimum atomic E-state index is -1.07. The maximum absolute atomic E-state index is 12.0. The average Bonchev–Trinajstić information content (AvgIpc) is 2.33. The fourth-order valence-corrected chi connectivity index (χ4v) is 2.16. The Labute approximate surface area is 113 Å². The molecule has 0 spiro atoms. The van der Waals surface area contributed by atoms with Gasteiger partial charge in [-0.1, -0.05) is 5.92 Å². The van der Waals surface area contributed by atoms with Gasteiger partial charge in [0.25, 0.3) is 0 Å². The molecule has 1 aliphatic rings. The third-order valence-electron chi connectivity index (χ3n) is 3.43. The molecule has 0 aromatic heterocycles. The number of likely N-dealkylation sites (tertiary alicyclic amines) is 1. The van der Waals surface area contributed by atoms with Gasteiger partial charge in [0.15, 0.2) is 0 Å². The van der Waals surface area contributed by atoms with Crippen molar-refractivity contribution in [3.63, 3.8) is 0 Å². The lowest BCUT2D eigenvalue weighted by Crippen LogP contribution is -2.51. The number of rotatable bonds is 4. The van der Waals surface area contributed by atoms with E-state index >= 15 is 0 Å². The quantitative estimate of drug-likeness (QED) is 0.714. The van der Waals surface area contributed by atoms with E-state index in [0.29, 0.717) is 6.04 Å². The van der Waals surface area contributed by atoms with E-state index in [4.69, 9.17) is 11.5 Å². The molecule has 0 bridgehead atoms.